The molecule has 6 heteroatoms. The molecule has 72 valence electrons. The number of hydrogen-bond acceptors (Lipinski definition) is 2. The van der Waals surface area contributed by atoms with E-state index in [1.54, 1.807) is 0 Å². The van der Waals surface area contributed by atoms with Gasteiger partial charge in [-0.1, -0.05) is 11.6 Å². The predicted molar refractivity (Wildman–Crippen MR) is 40.2 cm³/mol. The van der Waals surface area contributed by atoms with Gasteiger partial charge in [-0.15, -0.1) is 0 Å². The number of hydrogen-bond donors (Lipinski definition) is 1. The smallest absolute Gasteiger partial charge is 0.301 e. The van der Waals surface area contributed by atoms with Crippen LogP contribution in [-0.4, -0.2) is 16.7 Å². The fourth-order valence-electron chi connectivity index (χ4n) is 0.819. The lowest BCUT2D eigenvalue weighted by Crippen LogP contribution is -2.21. The van der Waals surface area contributed by atoms with E-state index in [4.69, 9.17) is 16.7 Å². The van der Waals surface area contributed by atoms with E-state index >= 15 is 0 Å². The quantitative estimate of drug-likeness (QED) is 0.759. The zero-order valence-corrected chi connectivity index (χ0v) is 7.02. The highest BCUT2D eigenvalue weighted by Gasteiger charge is 2.36. The van der Waals surface area contributed by atoms with Crippen LogP contribution in [0.2, 0.25) is 5.02 Å². The van der Waals surface area contributed by atoms with Crippen molar-refractivity contribution in [1.29, 1.82) is 0 Å². The summed E-state index contributed by atoms with van der Waals surface area (Å²) in [5, 5.41) is 7.84. The van der Waals surface area contributed by atoms with E-state index in [-0.39, 0.29) is 0 Å². The second kappa shape index (κ2) is 3.51. The molecule has 2 nitrogen and oxygen atoms in total. The molecule has 0 saturated carbocycles. The first-order valence-electron chi connectivity index (χ1n) is 3.28. The molecular weight excluding hydrogens is 207 g/mol. The molecular formula is C7H5ClF3NO. The number of aromatic nitrogens is 1. The number of halogens is 4. The lowest BCUT2D eigenvalue weighted by Gasteiger charge is -2.14. The average molecular weight is 212 g/mol. The monoisotopic (exact) mass is 211 g/mol. The van der Waals surface area contributed by atoms with Crippen LogP contribution >= 0.6 is 11.6 Å². The van der Waals surface area contributed by atoms with E-state index in [0.717, 1.165) is 12.3 Å². The van der Waals surface area contributed by atoms with Crippen LogP contribution in [0.4, 0.5) is 13.2 Å². The highest BCUT2D eigenvalue weighted by atomic mass is 35.5. The van der Waals surface area contributed by atoms with Crippen molar-refractivity contribution in [3.8, 4) is 0 Å². The Hall–Kier alpha value is -0.810. The Kier molecular flexibility index (Phi) is 2.77. The summed E-state index contributed by atoms with van der Waals surface area (Å²) in [7, 11) is 0. The van der Waals surface area contributed by atoms with Crippen LogP contribution in [0.25, 0.3) is 0 Å². The van der Waals surface area contributed by atoms with E-state index in [1.165, 1.54) is 0 Å². The Balaban J connectivity index is 3.28. The third-order valence-electron chi connectivity index (χ3n) is 1.42. The van der Waals surface area contributed by atoms with Crippen LogP contribution in [0.3, 0.4) is 0 Å². The Labute approximate surface area is 77.0 Å². The van der Waals surface area contributed by atoms with Gasteiger partial charge in [-0.25, -0.2) is 4.98 Å². The minimum atomic E-state index is -3.70. The van der Waals surface area contributed by atoms with Crippen LogP contribution in [0.1, 0.15) is 5.56 Å². The Bertz CT molecular complexity index is 298. The van der Waals surface area contributed by atoms with Crippen molar-refractivity contribution in [2.45, 2.75) is 5.92 Å². The van der Waals surface area contributed by atoms with Gasteiger partial charge in [-0.05, 0) is 6.07 Å². The van der Waals surface area contributed by atoms with Gasteiger partial charge in [0.2, 0.25) is 5.95 Å². The summed E-state index contributed by atoms with van der Waals surface area (Å²) in [4.78, 5) is 3.01. The summed E-state index contributed by atoms with van der Waals surface area (Å²) in [5.41, 5.74) is -1.07. The van der Waals surface area contributed by atoms with Crippen molar-refractivity contribution >= 4 is 11.6 Å². The predicted octanol–water partition coefficient (Wildman–Crippen LogP) is 1.96. The van der Waals surface area contributed by atoms with Crippen LogP contribution in [0, 0.1) is 5.95 Å². The van der Waals surface area contributed by atoms with Gasteiger partial charge in [-0.2, -0.15) is 13.2 Å². The van der Waals surface area contributed by atoms with E-state index in [1.807, 2.05) is 0 Å². The number of rotatable bonds is 2. The van der Waals surface area contributed by atoms with E-state index in [9.17, 15) is 13.2 Å². The lowest BCUT2D eigenvalue weighted by molar-refractivity contribution is -0.0587. The Morgan fingerprint density at radius 2 is 2.15 bits per heavy atom. The zero-order valence-electron chi connectivity index (χ0n) is 6.27. The molecule has 1 heterocycles. The molecule has 1 N–H and O–H groups in total. The fourth-order valence-corrected chi connectivity index (χ4v) is 1.09. The Morgan fingerprint density at radius 3 is 2.62 bits per heavy atom. The van der Waals surface area contributed by atoms with Gasteiger partial charge in [0, 0.05) is 6.20 Å². The van der Waals surface area contributed by atoms with Crippen molar-refractivity contribution in [1.82, 2.24) is 4.98 Å². The molecule has 0 fully saturated rings. The number of aliphatic hydroxyl groups excluding tert-OH is 1. The van der Waals surface area contributed by atoms with E-state index in [0.29, 0.717) is 0 Å². The third kappa shape index (κ3) is 1.92. The zero-order chi connectivity index (χ0) is 10.1. The largest absolute Gasteiger partial charge is 0.390 e. The summed E-state index contributed by atoms with van der Waals surface area (Å²) in [6.07, 6.45) is 0.967. The summed E-state index contributed by atoms with van der Waals surface area (Å²) >= 11 is 5.32. The molecule has 13 heavy (non-hydrogen) atoms. The number of nitrogens with zero attached hydrogens (tertiary/aromatic N) is 1. The summed E-state index contributed by atoms with van der Waals surface area (Å²) < 4.78 is 38.3. The van der Waals surface area contributed by atoms with Crippen molar-refractivity contribution < 1.29 is 18.3 Å². The minimum absolute atomic E-state index is 0.452. The van der Waals surface area contributed by atoms with Crippen LogP contribution in [0.5, 0.6) is 0 Å². The van der Waals surface area contributed by atoms with Crippen molar-refractivity contribution in [3.05, 3.63) is 28.8 Å². The molecule has 1 aromatic rings. The highest BCUT2D eigenvalue weighted by Crippen LogP contribution is 2.33. The number of aliphatic hydroxyl groups is 1. The maximum atomic E-state index is 12.8. The molecule has 0 radical (unpaired) electrons. The maximum absolute atomic E-state index is 12.8. The SMILES string of the molecule is OCC(F)(F)c1c(Cl)ccnc1F. The molecule has 0 unspecified atom stereocenters. The summed E-state index contributed by atoms with van der Waals surface area (Å²) in [6.45, 7) is -1.50. The molecule has 0 aliphatic heterocycles. The number of alkyl halides is 2. The molecule has 1 aromatic heterocycles. The molecule has 1 rings (SSSR count). The minimum Gasteiger partial charge on any atom is -0.390 e. The van der Waals surface area contributed by atoms with E-state index in [2.05, 4.69) is 4.98 Å². The van der Waals surface area contributed by atoms with Crippen molar-refractivity contribution in [2.75, 3.05) is 6.61 Å². The molecule has 0 saturated heterocycles. The standard InChI is InChI=1S/C7H5ClF3NO/c8-4-1-2-12-6(9)5(4)7(10,11)3-13/h1-2,13H,3H2. The van der Waals surface area contributed by atoms with Gasteiger partial charge in [0.25, 0.3) is 0 Å². The second-order valence-corrected chi connectivity index (χ2v) is 2.73. The average Bonchev–Trinajstić information content (AvgIpc) is 2.03. The van der Waals surface area contributed by atoms with E-state index < -0.39 is 29.1 Å². The topological polar surface area (TPSA) is 33.1 Å². The first-order valence-corrected chi connectivity index (χ1v) is 3.66. The summed E-state index contributed by atoms with van der Waals surface area (Å²) in [6, 6.07) is 1.03. The first-order chi connectivity index (χ1) is 5.99. The number of pyridine rings is 1. The van der Waals surface area contributed by atoms with Gasteiger partial charge in [0.05, 0.1) is 10.6 Å². The molecule has 0 aliphatic rings. The van der Waals surface area contributed by atoms with Gasteiger partial charge < -0.3 is 5.11 Å². The fraction of sp³-hybridized carbons (Fsp3) is 0.286. The highest BCUT2D eigenvalue weighted by molar-refractivity contribution is 6.31. The molecule has 0 aromatic carbocycles. The van der Waals surface area contributed by atoms with Gasteiger partial charge in [0.15, 0.2) is 0 Å². The first kappa shape index (κ1) is 10.3. The van der Waals surface area contributed by atoms with Gasteiger partial charge in [0.1, 0.15) is 6.61 Å². The Morgan fingerprint density at radius 1 is 1.54 bits per heavy atom. The maximum Gasteiger partial charge on any atom is 0.301 e. The van der Waals surface area contributed by atoms with Gasteiger partial charge >= 0.3 is 5.92 Å². The van der Waals surface area contributed by atoms with Crippen LogP contribution in [-0.2, 0) is 5.92 Å². The molecule has 0 spiro atoms. The molecule has 0 amide bonds. The van der Waals surface area contributed by atoms with Crippen LogP contribution in [0.15, 0.2) is 12.3 Å². The van der Waals surface area contributed by atoms with Crippen molar-refractivity contribution in [2.24, 2.45) is 0 Å². The third-order valence-corrected chi connectivity index (χ3v) is 1.73. The normalized spacial score (nSPS) is 11.8. The van der Waals surface area contributed by atoms with Crippen LogP contribution < -0.4 is 0 Å². The molecule has 0 atom stereocenters. The molecule has 0 bridgehead atoms. The lowest BCUT2D eigenvalue weighted by atomic mass is 10.1. The second-order valence-electron chi connectivity index (χ2n) is 2.32. The molecule has 0 aliphatic carbocycles. The van der Waals surface area contributed by atoms with Crippen molar-refractivity contribution in [3.63, 3.8) is 0 Å². The summed E-state index contributed by atoms with van der Waals surface area (Å²) in [5.74, 6) is -5.07. The van der Waals surface area contributed by atoms with Gasteiger partial charge in [-0.3, -0.25) is 0 Å².